The molecule has 2 aromatic carbocycles. The molecule has 0 saturated carbocycles. The van der Waals surface area contributed by atoms with E-state index < -0.39 is 5.97 Å². The van der Waals surface area contributed by atoms with Crippen molar-refractivity contribution >= 4 is 39.8 Å². The lowest BCUT2D eigenvalue weighted by molar-refractivity contribution is -0.116. The summed E-state index contributed by atoms with van der Waals surface area (Å²) in [6.45, 7) is 3.57. The lowest BCUT2D eigenvalue weighted by Gasteiger charge is -2.07. The molecule has 31 heavy (non-hydrogen) atoms. The smallest absolute Gasteiger partial charge is 0.341 e. The third-order valence-electron chi connectivity index (χ3n) is 4.87. The molecule has 7 heteroatoms. The van der Waals surface area contributed by atoms with Crippen molar-refractivity contribution in [2.45, 2.75) is 26.7 Å². The molecule has 2 amide bonds. The average molecular weight is 437 g/mol. The Morgan fingerprint density at radius 3 is 2.29 bits per heavy atom. The number of carbonyl (C=O) groups is 3. The van der Waals surface area contributed by atoms with Crippen LogP contribution < -0.4 is 10.6 Å². The number of rotatable bonds is 7. The molecular weight excluding hydrogens is 412 g/mol. The summed E-state index contributed by atoms with van der Waals surface area (Å²) in [4.78, 5) is 38.1. The molecule has 160 valence electrons. The lowest BCUT2D eigenvalue weighted by Crippen LogP contribution is -2.15. The summed E-state index contributed by atoms with van der Waals surface area (Å²) in [5.74, 6) is -1.17. The molecule has 3 aromatic rings. The van der Waals surface area contributed by atoms with Gasteiger partial charge in [-0.25, -0.2) is 4.79 Å². The van der Waals surface area contributed by atoms with E-state index in [4.69, 9.17) is 4.74 Å². The van der Waals surface area contributed by atoms with Crippen LogP contribution in [0.5, 0.6) is 0 Å². The van der Waals surface area contributed by atoms with Crippen molar-refractivity contribution in [3.05, 3.63) is 81.7 Å². The first-order valence-electron chi connectivity index (χ1n) is 9.83. The molecule has 6 nitrogen and oxygen atoms in total. The molecule has 0 fully saturated rings. The number of aryl methyl sites for hydroxylation is 2. The van der Waals surface area contributed by atoms with E-state index in [0.717, 1.165) is 22.5 Å². The molecule has 1 aromatic heterocycles. The molecule has 0 bridgehead atoms. The fourth-order valence-corrected chi connectivity index (χ4v) is 4.26. The zero-order chi connectivity index (χ0) is 22.4. The van der Waals surface area contributed by atoms with Crippen LogP contribution in [0, 0.1) is 13.8 Å². The molecule has 0 aliphatic carbocycles. The van der Waals surface area contributed by atoms with E-state index in [9.17, 15) is 14.4 Å². The highest BCUT2D eigenvalue weighted by atomic mass is 32.1. The molecule has 0 saturated heterocycles. The minimum absolute atomic E-state index is 0.204. The van der Waals surface area contributed by atoms with Gasteiger partial charge in [-0.3, -0.25) is 9.59 Å². The molecule has 0 unspecified atom stereocenters. The second-order valence-corrected chi connectivity index (χ2v) is 8.08. The van der Waals surface area contributed by atoms with E-state index in [1.54, 1.807) is 6.92 Å². The SMILES string of the molecule is COC(=O)c1c(NC(=O)CCc2ccccc2)sc(C(=O)Nc2ccccc2C)c1C. The second kappa shape index (κ2) is 10.0. The number of hydrogen-bond acceptors (Lipinski definition) is 5. The van der Waals surface area contributed by atoms with Gasteiger partial charge in [0, 0.05) is 12.1 Å². The van der Waals surface area contributed by atoms with E-state index in [0.29, 0.717) is 27.5 Å². The molecule has 0 aliphatic heterocycles. The van der Waals surface area contributed by atoms with Gasteiger partial charge in [0.25, 0.3) is 5.91 Å². The predicted octanol–water partition coefficient (Wildman–Crippen LogP) is 4.98. The van der Waals surface area contributed by atoms with Crippen molar-refractivity contribution in [2.24, 2.45) is 0 Å². The monoisotopic (exact) mass is 436 g/mol. The molecule has 0 aliphatic rings. The largest absolute Gasteiger partial charge is 0.465 e. The van der Waals surface area contributed by atoms with Crippen molar-refractivity contribution in [1.82, 2.24) is 0 Å². The summed E-state index contributed by atoms with van der Waals surface area (Å²) < 4.78 is 4.88. The molecule has 3 rings (SSSR count). The maximum absolute atomic E-state index is 12.9. The minimum Gasteiger partial charge on any atom is -0.465 e. The van der Waals surface area contributed by atoms with Crippen molar-refractivity contribution in [2.75, 3.05) is 17.7 Å². The number of anilines is 2. The average Bonchev–Trinajstić information content (AvgIpc) is 3.09. The highest BCUT2D eigenvalue weighted by Gasteiger charge is 2.26. The summed E-state index contributed by atoms with van der Waals surface area (Å²) in [7, 11) is 1.27. The molecule has 2 N–H and O–H groups in total. The van der Waals surface area contributed by atoms with E-state index >= 15 is 0 Å². The highest BCUT2D eigenvalue weighted by Crippen LogP contribution is 2.34. The first kappa shape index (κ1) is 22.2. The van der Waals surface area contributed by atoms with Gasteiger partial charge in [0.2, 0.25) is 5.91 Å². The van der Waals surface area contributed by atoms with Gasteiger partial charge in [0.05, 0.1) is 17.6 Å². The first-order valence-corrected chi connectivity index (χ1v) is 10.6. The molecule has 1 heterocycles. The van der Waals surface area contributed by atoms with Gasteiger partial charge in [-0.1, -0.05) is 48.5 Å². The van der Waals surface area contributed by atoms with E-state index in [-0.39, 0.29) is 23.8 Å². The summed E-state index contributed by atoms with van der Waals surface area (Å²) >= 11 is 1.07. The Hall–Kier alpha value is -3.45. The number of thiophene rings is 1. The lowest BCUT2D eigenvalue weighted by atomic mass is 10.1. The highest BCUT2D eigenvalue weighted by molar-refractivity contribution is 7.18. The molecule has 0 spiro atoms. The topological polar surface area (TPSA) is 84.5 Å². The Morgan fingerprint density at radius 2 is 1.61 bits per heavy atom. The van der Waals surface area contributed by atoms with Crippen LogP contribution in [-0.2, 0) is 16.0 Å². The molecule has 0 atom stereocenters. The summed E-state index contributed by atoms with van der Waals surface area (Å²) in [6.07, 6.45) is 0.831. The second-order valence-electron chi connectivity index (χ2n) is 7.05. The van der Waals surface area contributed by atoms with Crippen molar-refractivity contribution in [3.63, 3.8) is 0 Å². The van der Waals surface area contributed by atoms with Gasteiger partial charge < -0.3 is 15.4 Å². The Bertz CT molecular complexity index is 1110. The fourth-order valence-electron chi connectivity index (χ4n) is 3.15. The number of hydrogen-bond donors (Lipinski definition) is 2. The number of esters is 1. The number of carbonyl (C=O) groups excluding carboxylic acids is 3. The van der Waals surface area contributed by atoms with Gasteiger partial charge in [-0.05, 0) is 43.0 Å². The van der Waals surface area contributed by atoms with E-state index in [1.807, 2.05) is 61.5 Å². The van der Waals surface area contributed by atoms with E-state index in [2.05, 4.69) is 10.6 Å². The maximum atomic E-state index is 12.9. The quantitative estimate of drug-likeness (QED) is 0.512. The van der Waals surface area contributed by atoms with Crippen molar-refractivity contribution in [1.29, 1.82) is 0 Å². The van der Waals surface area contributed by atoms with Crippen LogP contribution in [0.2, 0.25) is 0 Å². The number of amides is 2. The Kier molecular flexibility index (Phi) is 7.20. The fraction of sp³-hybridized carbons (Fsp3) is 0.208. The van der Waals surface area contributed by atoms with Gasteiger partial charge >= 0.3 is 5.97 Å². The zero-order valence-electron chi connectivity index (χ0n) is 17.7. The third-order valence-corrected chi connectivity index (χ3v) is 6.08. The van der Waals surface area contributed by atoms with Crippen molar-refractivity contribution < 1.29 is 19.1 Å². The number of benzene rings is 2. The normalized spacial score (nSPS) is 10.4. The Labute approximate surface area is 185 Å². The summed E-state index contributed by atoms with van der Waals surface area (Å²) in [5.41, 5.74) is 3.34. The number of ether oxygens (including phenoxy) is 1. The predicted molar refractivity (Wildman–Crippen MR) is 123 cm³/mol. The third kappa shape index (κ3) is 5.38. The molecular formula is C24H24N2O4S. The number of para-hydroxylation sites is 1. The van der Waals surface area contributed by atoms with Crippen molar-refractivity contribution in [3.8, 4) is 0 Å². The van der Waals surface area contributed by atoms with Gasteiger partial charge in [-0.15, -0.1) is 11.3 Å². The summed E-state index contributed by atoms with van der Waals surface area (Å²) in [5, 5.41) is 5.97. The van der Waals surface area contributed by atoms with E-state index in [1.165, 1.54) is 7.11 Å². The Morgan fingerprint density at radius 1 is 0.935 bits per heavy atom. The van der Waals surface area contributed by atoms with Gasteiger partial charge in [-0.2, -0.15) is 0 Å². The van der Waals surface area contributed by atoms with Crippen LogP contribution in [0.15, 0.2) is 54.6 Å². The van der Waals surface area contributed by atoms with Crippen LogP contribution in [0.1, 0.15) is 43.1 Å². The Balaban J connectivity index is 1.81. The summed E-state index contributed by atoms with van der Waals surface area (Å²) in [6, 6.07) is 17.1. The van der Waals surface area contributed by atoms with Crippen LogP contribution in [-0.4, -0.2) is 24.9 Å². The standard InChI is InChI=1S/C24H24N2O4S/c1-15-9-7-8-12-18(15)25-22(28)21-16(2)20(24(29)30-3)23(31-21)26-19(27)14-13-17-10-5-4-6-11-17/h4-12H,13-14H2,1-3H3,(H,25,28)(H,26,27). The van der Waals surface area contributed by atoms with Gasteiger partial charge in [0.15, 0.2) is 0 Å². The van der Waals surface area contributed by atoms with Gasteiger partial charge in [0.1, 0.15) is 5.00 Å². The number of methoxy groups -OCH3 is 1. The van der Waals surface area contributed by atoms with Crippen LogP contribution in [0.4, 0.5) is 10.7 Å². The minimum atomic E-state index is -0.595. The maximum Gasteiger partial charge on any atom is 0.341 e. The zero-order valence-corrected chi connectivity index (χ0v) is 18.5. The van der Waals surface area contributed by atoms with Crippen LogP contribution >= 0.6 is 11.3 Å². The molecule has 0 radical (unpaired) electrons. The van der Waals surface area contributed by atoms with Crippen LogP contribution in [0.25, 0.3) is 0 Å². The number of nitrogens with one attached hydrogen (secondary N) is 2. The first-order chi connectivity index (χ1) is 14.9. The van der Waals surface area contributed by atoms with Crippen LogP contribution in [0.3, 0.4) is 0 Å².